The molecule has 2 aromatic heterocycles. The van der Waals surface area contributed by atoms with Crippen molar-refractivity contribution in [1.82, 2.24) is 25.4 Å². The van der Waals surface area contributed by atoms with Gasteiger partial charge in [-0.15, -0.1) is 0 Å². The summed E-state index contributed by atoms with van der Waals surface area (Å²) in [7, 11) is 0. The molecule has 1 spiro atoms. The molecule has 0 unspecified atom stereocenters. The smallest absolute Gasteiger partial charge is 0.274 e. The molecule has 146 valence electrons. The van der Waals surface area contributed by atoms with E-state index in [0.29, 0.717) is 25.3 Å². The lowest BCUT2D eigenvalue weighted by Gasteiger charge is -2.29. The fraction of sp³-hybridized carbons (Fsp3) is 0.474. The average molecular weight is 383 g/mol. The molecule has 0 radical (unpaired) electrons. The Hall–Kier alpha value is -2.94. The first-order valence-corrected chi connectivity index (χ1v) is 9.50. The summed E-state index contributed by atoms with van der Waals surface area (Å²) in [5, 5.41) is 9.16. The minimum atomic E-state index is -0.340. The Balaban J connectivity index is 1.29. The van der Waals surface area contributed by atoms with Crippen molar-refractivity contribution in [2.45, 2.75) is 24.5 Å². The number of carbonyl (C=O) groups is 2. The van der Waals surface area contributed by atoms with Crippen LogP contribution < -0.4 is 10.9 Å². The maximum atomic E-state index is 12.8. The van der Waals surface area contributed by atoms with E-state index in [0.717, 1.165) is 12.8 Å². The summed E-state index contributed by atoms with van der Waals surface area (Å²) in [6.45, 7) is 1.61. The van der Waals surface area contributed by atoms with Crippen LogP contribution in [0.4, 0.5) is 0 Å². The number of aromatic amines is 2. The van der Waals surface area contributed by atoms with Crippen molar-refractivity contribution in [2.24, 2.45) is 11.8 Å². The van der Waals surface area contributed by atoms with Crippen LogP contribution in [-0.4, -0.2) is 63.2 Å². The highest BCUT2D eigenvalue weighted by Crippen LogP contribution is 2.54. The van der Waals surface area contributed by atoms with Crippen molar-refractivity contribution in [1.29, 1.82) is 0 Å². The number of rotatable bonds is 4. The number of fused-ring (bicyclic) bond motifs is 1. The fourth-order valence-electron chi connectivity index (χ4n) is 5.02. The molecule has 5 heterocycles. The van der Waals surface area contributed by atoms with Gasteiger partial charge in [0.25, 0.3) is 17.4 Å². The zero-order chi connectivity index (χ0) is 19.3. The van der Waals surface area contributed by atoms with Crippen LogP contribution in [-0.2, 0) is 4.74 Å². The Morgan fingerprint density at radius 1 is 1.36 bits per heavy atom. The normalized spacial score (nSPS) is 30.4. The average Bonchev–Trinajstić information content (AvgIpc) is 3.46. The fourth-order valence-corrected chi connectivity index (χ4v) is 5.02. The number of hydrogen-bond acceptors (Lipinski definition) is 5. The molecule has 0 aliphatic carbocycles. The van der Waals surface area contributed by atoms with E-state index in [1.165, 1.54) is 12.1 Å². The molecule has 9 nitrogen and oxygen atoms in total. The Bertz CT molecular complexity index is 950. The van der Waals surface area contributed by atoms with Crippen molar-refractivity contribution < 1.29 is 14.3 Å². The molecule has 2 amide bonds. The zero-order valence-electron chi connectivity index (χ0n) is 15.2. The number of hydrogen-bond donors (Lipinski definition) is 3. The Morgan fingerprint density at radius 3 is 3.00 bits per heavy atom. The van der Waals surface area contributed by atoms with Crippen LogP contribution in [0.3, 0.4) is 0 Å². The van der Waals surface area contributed by atoms with Crippen molar-refractivity contribution in [3.8, 4) is 0 Å². The Labute approximate surface area is 160 Å². The minimum Gasteiger partial charge on any atom is -0.369 e. The second-order valence-electron chi connectivity index (χ2n) is 7.82. The molecule has 9 heteroatoms. The summed E-state index contributed by atoms with van der Waals surface area (Å²) < 4.78 is 6.32. The number of nitrogens with zero attached hydrogens (tertiary/aromatic N) is 2. The Kier molecular flexibility index (Phi) is 3.87. The van der Waals surface area contributed by atoms with E-state index in [1.54, 1.807) is 23.2 Å². The van der Waals surface area contributed by atoms with E-state index in [1.807, 2.05) is 0 Å². The summed E-state index contributed by atoms with van der Waals surface area (Å²) >= 11 is 0. The molecule has 3 saturated heterocycles. The van der Waals surface area contributed by atoms with Crippen LogP contribution in [0.1, 0.15) is 33.8 Å². The predicted molar refractivity (Wildman–Crippen MR) is 97.7 cm³/mol. The van der Waals surface area contributed by atoms with Crippen LogP contribution in [0.2, 0.25) is 0 Å². The van der Waals surface area contributed by atoms with E-state index in [4.69, 9.17) is 4.74 Å². The molecule has 0 aromatic carbocycles. The third-order valence-electron chi connectivity index (χ3n) is 6.31. The van der Waals surface area contributed by atoms with Gasteiger partial charge >= 0.3 is 0 Å². The molecule has 3 fully saturated rings. The highest BCUT2D eigenvalue weighted by Gasteiger charge is 2.63. The van der Waals surface area contributed by atoms with E-state index < -0.39 is 0 Å². The molecule has 2 aromatic rings. The topological polar surface area (TPSA) is 120 Å². The van der Waals surface area contributed by atoms with Gasteiger partial charge in [0.2, 0.25) is 0 Å². The van der Waals surface area contributed by atoms with Gasteiger partial charge in [0.05, 0.1) is 18.2 Å². The predicted octanol–water partition coefficient (Wildman–Crippen LogP) is 0.148. The molecule has 5 rings (SSSR count). The zero-order valence-corrected chi connectivity index (χ0v) is 15.2. The summed E-state index contributed by atoms with van der Waals surface area (Å²) in [5.41, 5.74) is 0.0891. The number of nitrogens with one attached hydrogen (secondary N) is 3. The molecule has 3 N–H and O–H groups in total. The van der Waals surface area contributed by atoms with Crippen LogP contribution in [0.15, 0.2) is 35.3 Å². The van der Waals surface area contributed by atoms with Crippen molar-refractivity contribution in [2.75, 3.05) is 19.6 Å². The van der Waals surface area contributed by atoms with Gasteiger partial charge in [0.1, 0.15) is 11.4 Å². The first-order valence-electron chi connectivity index (χ1n) is 9.50. The second kappa shape index (κ2) is 6.30. The maximum Gasteiger partial charge on any atom is 0.274 e. The third kappa shape index (κ3) is 2.65. The number of ether oxygens (including phenoxy) is 1. The molecule has 4 atom stereocenters. The van der Waals surface area contributed by atoms with E-state index in [-0.39, 0.29) is 46.6 Å². The maximum absolute atomic E-state index is 12.8. The summed E-state index contributed by atoms with van der Waals surface area (Å²) in [6.07, 6.45) is 3.71. The molecule has 3 aliphatic rings. The summed E-state index contributed by atoms with van der Waals surface area (Å²) in [4.78, 5) is 40.9. The van der Waals surface area contributed by atoms with E-state index >= 15 is 0 Å². The van der Waals surface area contributed by atoms with Crippen molar-refractivity contribution in [3.05, 3.63) is 52.2 Å². The van der Waals surface area contributed by atoms with Gasteiger partial charge in [-0.3, -0.25) is 14.4 Å². The quantitative estimate of drug-likeness (QED) is 0.694. The molecule has 3 aliphatic heterocycles. The number of carbonyl (C=O) groups excluding carboxylic acids is 2. The third-order valence-corrected chi connectivity index (χ3v) is 6.31. The minimum absolute atomic E-state index is 0.123. The van der Waals surface area contributed by atoms with Gasteiger partial charge in [0, 0.05) is 37.2 Å². The van der Waals surface area contributed by atoms with Crippen LogP contribution >= 0.6 is 0 Å². The van der Waals surface area contributed by atoms with Crippen LogP contribution in [0.5, 0.6) is 0 Å². The first-order chi connectivity index (χ1) is 13.6. The van der Waals surface area contributed by atoms with Crippen LogP contribution in [0.25, 0.3) is 0 Å². The Morgan fingerprint density at radius 2 is 2.25 bits per heavy atom. The lowest BCUT2D eigenvalue weighted by Crippen LogP contribution is -2.42. The first kappa shape index (κ1) is 17.2. The van der Waals surface area contributed by atoms with E-state index in [9.17, 15) is 14.4 Å². The lowest BCUT2D eigenvalue weighted by atomic mass is 9.73. The van der Waals surface area contributed by atoms with Gasteiger partial charge in [-0.1, -0.05) is 0 Å². The molecule has 28 heavy (non-hydrogen) atoms. The molecular weight excluding hydrogens is 362 g/mol. The largest absolute Gasteiger partial charge is 0.369 e. The molecule has 2 bridgehead atoms. The van der Waals surface area contributed by atoms with E-state index in [2.05, 4.69) is 20.5 Å². The summed E-state index contributed by atoms with van der Waals surface area (Å²) in [5.74, 6) is 0.0161. The number of amides is 2. The highest BCUT2D eigenvalue weighted by atomic mass is 16.5. The monoisotopic (exact) mass is 383 g/mol. The van der Waals surface area contributed by atoms with Gasteiger partial charge in [-0.2, -0.15) is 5.10 Å². The molecular formula is C19H21N5O4. The number of H-pyrrole nitrogens is 2. The molecule has 0 saturated carbocycles. The number of aromatic nitrogens is 3. The van der Waals surface area contributed by atoms with Gasteiger partial charge < -0.3 is 19.9 Å². The number of likely N-dealkylation sites (tertiary alicyclic amines) is 1. The standard InChI is InChI=1S/C19H21N5O4/c25-16-4-3-14(22-23-16)18(27)24-9-12-11(15-5-6-19(12,10-24)28-15)8-21-17(26)13-2-1-7-20-13/h1-4,7,11-12,15,20H,5-6,8-10H2,(H,21,26)(H,23,25)/t11-,12+,15+,19+/m0/s1. The second-order valence-corrected chi connectivity index (χ2v) is 7.82. The van der Waals surface area contributed by atoms with Crippen LogP contribution in [0, 0.1) is 11.8 Å². The van der Waals surface area contributed by atoms with Crippen molar-refractivity contribution in [3.63, 3.8) is 0 Å². The summed E-state index contributed by atoms with van der Waals surface area (Å²) in [6, 6.07) is 6.27. The van der Waals surface area contributed by atoms with Gasteiger partial charge in [-0.05, 0) is 31.0 Å². The van der Waals surface area contributed by atoms with Gasteiger partial charge in [-0.25, -0.2) is 5.10 Å². The lowest BCUT2D eigenvalue weighted by molar-refractivity contribution is 0.00309. The highest BCUT2D eigenvalue weighted by molar-refractivity contribution is 5.93. The van der Waals surface area contributed by atoms with Crippen molar-refractivity contribution >= 4 is 11.8 Å². The van der Waals surface area contributed by atoms with Gasteiger partial charge in [0.15, 0.2) is 0 Å². The SMILES string of the molecule is O=C(NC[C@H]1[C@H]2CN(C(=O)c3ccc(=O)[nH]n3)C[C@]23CC[C@H]1O3)c1ccc[nH]1.